The Morgan fingerprint density at radius 1 is 1.10 bits per heavy atom. The normalized spacial score (nSPS) is 18.3. The molecular weight excluding hydrogens is 250 g/mol. The Kier molecular flexibility index (Phi) is 4.46. The second kappa shape index (κ2) is 6.49. The van der Waals surface area contributed by atoms with Crippen LogP contribution >= 0.6 is 0 Å². The Bertz CT molecular complexity index is 415. The average Bonchev–Trinajstić information content (AvgIpc) is 3.33. The van der Waals surface area contributed by atoms with Gasteiger partial charge in [0.1, 0.15) is 18.1 Å². The fraction of sp³-hybridized carbons (Fsp3) is 0.647. The van der Waals surface area contributed by atoms with E-state index in [-0.39, 0.29) is 0 Å². The van der Waals surface area contributed by atoms with Gasteiger partial charge in [-0.15, -0.1) is 0 Å². The van der Waals surface area contributed by atoms with E-state index in [2.05, 4.69) is 5.32 Å². The van der Waals surface area contributed by atoms with Gasteiger partial charge in [0.05, 0.1) is 6.61 Å². The quantitative estimate of drug-likeness (QED) is 0.702. The molecule has 20 heavy (non-hydrogen) atoms. The summed E-state index contributed by atoms with van der Waals surface area (Å²) in [6, 6.07) is 8.65. The molecule has 2 aliphatic rings. The van der Waals surface area contributed by atoms with Gasteiger partial charge in [0.25, 0.3) is 0 Å². The van der Waals surface area contributed by atoms with E-state index in [1.54, 1.807) is 0 Å². The summed E-state index contributed by atoms with van der Waals surface area (Å²) in [5, 5.41) is 3.70. The van der Waals surface area contributed by atoms with Gasteiger partial charge in [0.15, 0.2) is 0 Å². The Labute approximate surface area is 121 Å². The van der Waals surface area contributed by atoms with Crippen LogP contribution in [0.1, 0.15) is 32.6 Å². The van der Waals surface area contributed by atoms with Crippen molar-refractivity contribution >= 4 is 0 Å². The lowest BCUT2D eigenvalue weighted by atomic mass is 10.1. The molecule has 0 aliphatic heterocycles. The fourth-order valence-corrected chi connectivity index (χ4v) is 2.84. The molecule has 1 aromatic carbocycles. The van der Waals surface area contributed by atoms with E-state index in [1.165, 1.54) is 25.7 Å². The molecule has 2 fully saturated rings. The number of rotatable bonds is 9. The minimum atomic E-state index is 0.690. The molecule has 0 bridgehead atoms. The lowest BCUT2D eigenvalue weighted by Crippen LogP contribution is -2.36. The average molecular weight is 275 g/mol. The van der Waals surface area contributed by atoms with Crippen LogP contribution in [0.25, 0.3) is 0 Å². The van der Waals surface area contributed by atoms with Crippen LogP contribution in [-0.2, 0) is 0 Å². The molecule has 3 nitrogen and oxygen atoms in total. The third-order valence-electron chi connectivity index (χ3n) is 4.13. The zero-order valence-corrected chi connectivity index (χ0v) is 12.3. The first-order valence-corrected chi connectivity index (χ1v) is 7.96. The van der Waals surface area contributed by atoms with E-state index in [0.29, 0.717) is 6.61 Å². The van der Waals surface area contributed by atoms with Crippen LogP contribution in [0, 0.1) is 11.8 Å². The monoisotopic (exact) mass is 275 g/mol. The van der Waals surface area contributed by atoms with Crippen molar-refractivity contribution in [1.82, 2.24) is 5.32 Å². The van der Waals surface area contributed by atoms with Crippen LogP contribution in [0.4, 0.5) is 0 Å². The van der Waals surface area contributed by atoms with Gasteiger partial charge in [-0.1, -0.05) is 6.07 Å². The Hall–Kier alpha value is -1.22. The highest BCUT2D eigenvalue weighted by Gasteiger charge is 2.40. The van der Waals surface area contributed by atoms with Crippen molar-refractivity contribution in [1.29, 1.82) is 0 Å². The molecule has 3 rings (SSSR count). The maximum Gasteiger partial charge on any atom is 0.123 e. The van der Waals surface area contributed by atoms with E-state index in [1.807, 2.05) is 31.2 Å². The van der Waals surface area contributed by atoms with E-state index >= 15 is 0 Å². The summed E-state index contributed by atoms with van der Waals surface area (Å²) >= 11 is 0. The van der Waals surface area contributed by atoms with Gasteiger partial charge >= 0.3 is 0 Å². The molecule has 0 aromatic heterocycles. The number of nitrogens with one attached hydrogen (secondary N) is 1. The second-order valence-electron chi connectivity index (χ2n) is 5.91. The van der Waals surface area contributed by atoms with Crippen LogP contribution < -0.4 is 14.8 Å². The van der Waals surface area contributed by atoms with Gasteiger partial charge in [-0.2, -0.15) is 0 Å². The molecule has 0 spiro atoms. The highest BCUT2D eigenvalue weighted by atomic mass is 16.5. The Morgan fingerprint density at radius 3 is 2.35 bits per heavy atom. The zero-order valence-electron chi connectivity index (χ0n) is 12.3. The third kappa shape index (κ3) is 3.89. The topological polar surface area (TPSA) is 30.5 Å². The molecule has 2 aliphatic carbocycles. The van der Waals surface area contributed by atoms with Crippen molar-refractivity contribution in [2.45, 2.75) is 38.6 Å². The number of hydrogen-bond donors (Lipinski definition) is 1. The van der Waals surface area contributed by atoms with E-state index in [0.717, 1.165) is 42.5 Å². The molecular formula is C17H25NO2. The van der Waals surface area contributed by atoms with Crippen LogP contribution in [-0.4, -0.2) is 25.8 Å². The number of hydrogen-bond acceptors (Lipinski definition) is 3. The summed E-state index contributed by atoms with van der Waals surface area (Å²) in [4.78, 5) is 0. The largest absolute Gasteiger partial charge is 0.494 e. The van der Waals surface area contributed by atoms with E-state index in [9.17, 15) is 0 Å². The Balaban J connectivity index is 1.39. The summed E-state index contributed by atoms with van der Waals surface area (Å²) in [5.74, 6) is 3.67. The molecule has 3 heteroatoms. The predicted molar refractivity (Wildman–Crippen MR) is 80.3 cm³/mol. The summed E-state index contributed by atoms with van der Waals surface area (Å²) in [6.45, 7) is 4.35. The predicted octanol–water partition coefficient (Wildman–Crippen LogP) is 3.24. The van der Waals surface area contributed by atoms with Crippen molar-refractivity contribution in [3.63, 3.8) is 0 Å². The maximum atomic E-state index is 5.80. The third-order valence-corrected chi connectivity index (χ3v) is 4.13. The standard InChI is InChI=1S/C17H25NO2/c1-2-19-15-4-3-5-16(12-15)20-11-10-18-17(13-6-7-13)14-8-9-14/h3-5,12-14,17-18H,2,6-11H2,1H3. The smallest absolute Gasteiger partial charge is 0.123 e. The summed E-state index contributed by atoms with van der Waals surface area (Å²) in [7, 11) is 0. The second-order valence-corrected chi connectivity index (χ2v) is 5.91. The number of ether oxygens (including phenoxy) is 2. The lowest BCUT2D eigenvalue weighted by Gasteiger charge is -2.17. The maximum absolute atomic E-state index is 5.80. The Morgan fingerprint density at radius 2 is 1.75 bits per heavy atom. The van der Waals surface area contributed by atoms with E-state index < -0.39 is 0 Å². The minimum absolute atomic E-state index is 0.690. The van der Waals surface area contributed by atoms with Gasteiger partial charge in [-0.3, -0.25) is 0 Å². The van der Waals surface area contributed by atoms with Crippen molar-refractivity contribution in [3.05, 3.63) is 24.3 Å². The molecule has 0 saturated heterocycles. The highest BCUT2D eigenvalue weighted by molar-refractivity contribution is 5.32. The molecule has 1 N–H and O–H groups in total. The lowest BCUT2D eigenvalue weighted by molar-refractivity contribution is 0.290. The van der Waals surface area contributed by atoms with Crippen molar-refractivity contribution in [2.24, 2.45) is 11.8 Å². The van der Waals surface area contributed by atoms with Gasteiger partial charge < -0.3 is 14.8 Å². The highest BCUT2D eigenvalue weighted by Crippen LogP contribution is 2.44. The molecule has 2 saturated carbocycles. The SMILES string of the molecule is CCOc1cccc(OCCNC(C2CC2)C2CC2)c1. The van der Waals surface area contributed by atoms with Crippen LogP contribution in [0.15, 0.2) is 24.3 Å². The minimum Gasteiger partial charge on any atom is -0.494 e. The molecule has 1 aromatic rings. The zero-order chi connectivity index (χ0) is 13.8. The van der Waals surface area contributed by atoms with Gasteiger partial charge in [-0.25, -0.2) is 0 Å². The molecule has 0 amide bonds. The molecule has 0 unspecified atom stereocenters. The summed E-state index contributed by atoms with van der Waals surface area (Å²) in [6.07, 6.45) is 5.69. The number of benzene rings is 1. The first-order valence-electron chi connectivity index (χ1n) is 7.96. The molecule has 0 heterocycles. The van der Waals surface area contributed by atoms with Crippen molar-refractivity contribution in [3.8, 4) is 11.5 Å². The van der Waals surface area contributed by atoms with Crippen molar-refractivity contribution in [2.75, 3.05) is 19.8 Å². The molecule has 0 atom stereocenters. The first kappa shape index (κ1) is 13.7. The first-order chi connectivity index (χ1) is 9.86. The van der Waals surface area contributed by atoms with Gasteiger partial charge in [0.2, 0.25) is 0 Å². The fourth-order valence-electron chi connectivity index (χ4n) is 2.84. The molecule has 0 radical (unpaired) electrons. The van der Waals surface area contributed by atoms with E-state index in [4.69, 9.17) is 9.47 Å². The van der Waals surface area contributed by atoms with Crippen LogP contribution in [0.3, 0.4) is 0 Å². The summed E-state index contributed by atoms with van der Waals surface area (Å²) in [5.41, 5.74) is 0. The van der Waals surface area contributed by atoms with Crippen LogP contribution in [0.5, 0.6) is 11.5 Å². The van der Waals surface area contributed by atoms with Crippen LogP contribution in [0.2, 0.25) is 0 Å². The summed E-state index contributed by atoms with van der Waals surface area (Å²) < 4.78 is 11.3. The van der Waals surface area contributed by atoms with Gasteiger partial charge in [0, 0.05) is 18.7 Å². The molecule has 110 valence electrons. The van der Waals surface area contributed by atoms with Gasteiger partial charge in [-0.05, 0) is 56.6 Å². The van der Waals surface area contributed by atoms with Crippen molar-refractivity contribution < 1.29 is 9.47 Å².